The Hall–Kier alpha value is -1.82. The van der Waals surface area contributed by atoms with E-state index in [1.165, 1.54) is 18.6 Å². The molecule has 0 saturated carbocycles. The maximum absolute atomic E-state index is 13.3. The van der Waals surface area contributed by atoms with Crippen LogP contribution in [0.15, 0.2) is 30.6 Å². The number of benzene rings is 1. The molecular weight excluding hydrogens is 274 g/mol. The molecule has 2 aromatic rings. The molecule has 1 aromatic heterocycles. The Bertz CT molecular complexity index is 565. The average molecular weight is 292 g/mol. The molecule has 21 heavy (non-hydrogen) atoms. The fraction of sp³-hybridized carbons (Fsp3) is 0.467. The number of rotatable bonds is 4. The number of likely N-dealkylation sites (tertiary alicyclic amines) is 1. The molecule has 0 spiro atoms. The van der Waals surface area contributed by atoms with Crippen molar-refractivity contribution in [3.8, 4) is 0 Å². The van der Waals surface area contributed by atoms with Crippen LogP contribution in [0, 0.1) is 11.6 Å². The summed E-state index contributed by atoms with van der Waals surface area (Å²) in [6.07, 6.45) is 6.86. The van der Waals surface area contributed by atoms with Crippen molar-refractivity contribution < 1.29 is 8.78 Å². The van der Waals surface area contributed by atoms with Gasteiger partial charge in [-0.1, -0.05) is 11.6 Å². The lowest BCUT2D eigenvalue weighted by atomic mass is 10.0. The Balaban J connectivity index is 1.71. The van der Waals surface area contributed by atoms with Gasteiger partial charge in [0, 0.05) is 24.8 Å². The summed E-state index contributed by atoms with van der Waals surface area (Å²) in [5.74, 6) is -1.04. The third kappa shape index (κ3) is 3.64. The zero-order valence-electron chi connectivity index (χ0n) is 11.8. The van der Waals surface area contributed by atoms with Gasteiger partial charge in [0.05, 0.1) is 12.7 Å². The van der Waals surface area contributed by atoms with Gasteiger partial charge in [-0.05, 0) is 37.1 Å². The summed E-state index contributed by atoms with van der Waals surface area (Å²) in [6.45, 7) is 2.27. The molecule has 0 N–H and O–H groups in total. The normalized spacial score (nSPS) is 19.8. The highest BCUT2D eigenvalue weighted by atomic mass is 19.1. The Morgan fingerprint density at radius 3 is 2.67 bits per heavy atom. The second-order valence-electron chi connectivity index (χ2n) is 5.52. The summed E-state index contributed by atoms with van der Waals surface area (Å²) < 4.78 is 28.4. The number of piperidine rings is 1. The fourth-order valence-electron chi connectivity index (χ4n) is 2.96. The molecule has 1 aromatic carbocycles. The van der Waals surface area contributed by atoms with Gasteiger partial charge in [-0.2, -0.15) is 0 Å². The number of nitrogens with zero attached hydrogens (tertiary/aromatic N) is 4. The second-order valence-corrected chi connectivity index (χ2v) is 5.52. The third-order valence-electron chi connectivity index (χ3n) is 3.93. The molecule has 4 nitrogen and oxygen atoms in total. The first-order valence-electron chi connectivity index (χ1n) is 7.24. The van der Waals surface area contributed by atoms with E-state index in [0.717, 1.165) is 32.0 Å². The minimum Gasteiger partial charge on any atom is -0.294 e. The van der Waals surface area contributed by atoms with Gasteiger partial charge >= 0.3 is 0 Å². The highest BCUT2D eigenvalue weighted by Crippen LogP contribution is 2.21. The van der Waals surface area contributed by atoms with Crippen LogP contribution < -0.4 is 0 Å². The predicted molar refractivity (Wildman–Crippen MR) is 74.4 cm³/mol. The van der Waals surface area contributed by atoms with Crippen molar-refractivity contribution in [1.82, 2.24) is 19.9 Å². The van der Waals surface area contributed by atoms with Gasteiger partial charge in [-0.3, -0.25) is 9.58 Å². The van der Waals surface area contributed by atoms with E-state index in [-0.39, 0.29) is 0 Å². The molecular formula is C15H18F2N4. The highest BCUT2D eigenvalue weighted by molar-refractivity contribution is 5.18. The van der Waals surface area contributed by atoms with Crippen molar-refractivity contribution in [2.45, 2.75) is 38.4 Å². The molecule has 1 atom stereocenters. The van der Waals surface area contributed by atoms with Gasteiger partial charge in [0.15, 0.2) is 0 Å². The van der Waals surface area contributed by atoms with Crippen LogP contribution in [-0.2, 0) is 13.1 Å². The molecule has 0 unspecified atom stereocenters. The predicted octanol–water partition coefficient (Wildman–Crippen LogP) is 2.61. The third-order valence-corrected chi connectivity index (χ3v) is 3.93. The Morgan fingerprint density at radius 2 is 1.95 bits per heavy atom. The van der Waals surface area contributed by atoms with E-state index in [1.54, 1.807) is 6.20 Å². The Kier molecular flexibility index (Phi) is 4.24. The monoisotopic (exact) mass is 292 g/mol. The van der Waals surface area contributed by atoms with Crippen molar-refractivity contribution in [2.24, 2.45) is 0 Å². The van der Waals surface area contributed by atoms with Gasteiger partial charge in [0.25, 0.3) is 0 Å². The molecule has 2 heterocycles. The van der Waals surface area contributed by atoms with Crippen LogP contribution in [0.2, 0.25) is 0 Å². The van der Waals surface area contributed by atoms with Gasteiger partial charge in [0.1, 0.15) is 11.6 Å². The topological polar surface area (TPSA) is 34.0 Å². The average Bonchev–Trinajstić information content (AvgIpc) is 2.93. The molecule has 1 aliphatic heterocycles. The van der Waals surface area contributed by atoms with Gasteiger partial charge in [0.2, 0.25) is 0 Å². The van der Waals surface area contributed by atoms with Crippen LogP contribution in [0.1, 0.15) is 24.8 Å². The summed E-state index contributed by atoms with van der Waals surface area (Å²) in [5, 5.41) is 7.82. The molecule has 1 saturated heterocycles. The Labute approximate surface area is 122 Å². The summed E-state index contributed by atoms with van der Waals surface area (Å²) in [5.41, 5.74) is 0.679. The van der Waals surface area contributed by atoms with Gasteiger partial charge < -0.3 is 0 Å². The van der Waals surface area contributed by atoms with Crippen LogP contribution in [0.4, 0.5) is 8.78 Å². The van der Waals surface area contributed by atoms with Crippen LogP contribution in [0.25, 0.3) is 0 Å². The number of hydrogen-bond donors (Lipinski definition) is 0. The molecule has 1 aliphatic rings. The summed E-state index contributed by atoms with van der Waals surface area (Å²) in [4.78, 5) is 2.28. The molecule has 0 bridgehead atoms. The molecule has 112 valence electrons. The van der Waals surface area contributed by atoms with E-state index in [1.807, 2.05) is 10.9 Å². The lowest BCUT2D eigenvalue weighted by Crippen LogP contribution is -2.41. The number of aromatic nitrogens is 3. The van der Waals surface area contributed by atoms with E-state index >= 15 is 0 Å². The van der Waals surface area contributed by atoms with E-state index in [2.05, 4.69) is 15.2 Å². The van der Waals surface area contributed by atoms with E-state index < -0.39 is 11.6 Å². The molecule has 6 heteroatoms. The van der Waals surface area contributed by atoms with E-state index in [9.17, 15) is 8.78 Å². The fourth-order valence-corrected chi connectivity index (χ4v) is 2.96. The zero-order valence-corrected chi connectivity index (χ0v) is 11.8. The quantitative estimate of drug-likeness (QED) is 0.868. The maximum atomic E-state index is 13.3. The first kappa shape index (κ1) is 14.1. The van der Waals surface area contributed by atoms with Crippen LogP contribution in [-0.4, -0.2) is 32.5 Å². The van der Waals surface area contributed by atoms with Crippen LogP contribution in [0.5, 0.6) is 0 Å². The van der Waals surface area contributed by atoms with Crippen LogP contribution in [0.3, 0.4) is 0 Å². The SMILES string of the molecule is Fc1cc(F)cc(CN2CCCC[C@H]2Cn2ccnn2)c1. The van der Waals surface area contributed by atoms with Crippen molar-refractivity contribution in [3.05, 3.63) is 47.8 Å². The van der Waals surface area contributed by atoms with Crippen molar-refractivity contribution in [1.29, 1.82) is 0 Å². The van der Waals surface area contributed by atoms with Crippen molar-refractivity contribution in [3.63, 3.8) is 0 Å². The highest BCUT2D eigenvalue weighted by Gasteiger charge is 2.23. The molecule has 1 fully saturated rings. The zero-order chi connectivity index (χ0) is 14.7. The maximum Gasteiger partial charge on any atom is 0.126 e. The van der Waals surface area contributed by atoms with Crippen molar-refractivity contribution >= 4 is 0 Å². The molecule has 0 aliphatic carbocycles. The van der Waals surface area contributed by atoms with E-state index in [4.69, 9.17) is 0 Å². The summed E-state index contributed by atoms with van der Waals surface area (Å²) in [7, 11) is 0. The first-order chi connectivity index (χ1) is 10.2. The first-order valence-corrected chi connectivity index (χ1v) is 7.24. The smallest absolute Gasteiger partial charge is 0.126 e. The number of hydrogen-bond acceptors (Lipinski definition) is 3. The standard InChI is InChI=1S/C15H18F2N4/c16-13-7-12(8-14(17)9-13)10-20-5-2-1-3-15(20)11-21-6-4-18-19-21/h4,6-9,15H,1-3,5,10-11H2/t15-/m0/s1. The Morgan fingerprint density at radius 1 is 1.14 bits per heavy atom. The largest absolute Gasteiger partial charge is 0.294 e. The van der Waals surface area contributed by atoms with Gasteiger partial charge in [-0.15, -0.1) is 5.10 Å². The lowest BCUT2D eigenvalue weighted by Gasteiger charge is -2.35. The minimum atomic E-state index is -0.519. The molecule has 3 rings (SSSR count). The lowest BCUT2D eigenvalue weighted by molar-refractivity contribution is 0.121. The van der Waals surface area contributed by atoms with E-state index in [0.29, 0.717) is 18.2 Å². The number of halogens is 2. The minimum absolute atomic E-state index is 0.326. The van der Waals surface area contributed by atoms with Crippen LogP contribution >= 0.6 is 0 Å². The summed E-state index contributed by atoms with van der Waals surface area (Å²) >= 11 is 0. The van der Waals surface area contributed by atoms with Crippen molar-refractivity contribution in [2.75, 3.05) is 6.54 Å². The summed E-state index contributed by atoms with van der Waals surface area (Å²) in [6, 6.07) is 4.05. The molecule has 0 amide bonds. The second kappa shape index (κ2) is 6.30. The van der Waals surface area contributed by atoms with Gasteiger partial charge in [-0.25, -0.2) is 8.78 Å². The molecule has 0 radical (unpaired) electrons.